The third-order valence-electron chi connectivity index (χ3n) is 3.56. The monoisotopic (exact) mass is 446 g/mol. The average molecular weight is 446 g/mol. The zero-order chi connectivity index (χ0) is 16.3. The molecule has 7 heteroatoms. The fourth-order valence-corrected chi connectivity index (χ4v) is 2.36. The number of methoxy groups -OCH3 is 1. The number of aromatic amines is 1. The maximum Gasteiger partial charge on any atom is 0.191 e. The lowest BCUT2D eigenvalue weighted by Gasteiger charge is -2.11. The van der Waals surface area contributed by atoms with Crippen LogP contribution in [0.15, 0.2) is 35.5 Å². The van der Waals surface area contributed by atoms with Crippen LogP contribution in [0.2, 0.25) is 0 Å². The summed E-state index contributed by atoms with van der Waals surface area (Å²) in [5, 5.41) is 7.83. The molecule has 1 aromatic heterocycles. The Hall–Kier alpha value is -1.32. The van der Waals surface area contributed by atoms with E-state index in [0.717, 1.165) is 25.5 Å². The summed E-state index contributed by atoms with van der Waals surface area (Å²) in [4.78, 5) is 7.51. The molecule has 0 unspecified atom stereocenters. The van der Waals surface area contributed by atoms with E-state index < -0.39 is 0 Å². The standard InChI is InChI=1S/C17H26N4O2.HI/c1-18-17(20-9-10-23-12-11-22-2)19-8-7-14-13-21-16-6-4-3-5-15(14)16;/h3-6,13,21H,7-12H2,1-2H3,(H2,18,19,20);1H. The summed E-state index contributed by atoms with van der Waals surface area (Å²) in [7, 11) is 3.44. The van der Waals surface area contributed by atoms with E-state index in [4.69, 9.17) is 9.47 Å². The van der Waals surface area contributed by atoms with Crippen LogP contribution < -0.4 is 10.6 Å². The summed E-state index contributed by atoms with van der Waals surface area (Å²) in [6.45, 7) is 3.41. The lowest BCUT2D eigenvalue weighted by Crippen LogP contribution is -2.39. The van der Waals surface area contributed by atoms with E-state index in [2.05, 4.69) is 45.0 Å². The van der Waals surface area contributed by atoms with Crippen molar-refractivity contribution in [3.05, 3.63) is 36.0 Å². The third-order valence-corrected chi connectivity index (χ3v) is 3.56. The number of H-pyrrole nitrogens is 1. The summed E-state index contributed by atoms with van der Waals surface area (Å²) in [6.07, 6.45) is 3.02. The molecule has 0 aliphatic heterocycles. The molecule has 0 amide bonds. The van der Waals surface area contributed by atoms with Crippen molar-refractivity contribution < 1.29 is 9.47 Å². The second kappa shape index (κ2) is 12.1. The highest BCUT2D eigenvalue weighted by molar-refractivity contribution is 14.0. The summed E-state index contributed by atoms with van der Waals surface area (Å²) >= 11 is 0. The number of ether oxygens (including phenoxy) is 2. The number of rotatable bonds is 9. The molecule has 0 spiro atoms. The molecular weight excluding hydrogens is 419 g/mol. The number of nitrogens with one attached hydrogen (secondary N) is 3. The molecule has 0 radical (unpaired) electrons. The smallest absolute Gasteiger partial charge is 0.191 e. The molecule has 6 nitrogen and oxygen atoms in total. The molecule has 1 heterocycles. The maximum absolute atomic E-state index is 5.41. The van der Waals surface area contributed by atoms with Gasteiger partial charge in [-0.1, -0.05) is 18.2 Å². The number of nitrogens with zero attached hydrogens (tertiary/aromatic N) is 1. The predicted molar refractivity (Wildman–Crippen MR) is 109 cm³/mol. The van der Waals surface area contributed by atoms with Crippen LogP contribution in [0.4, 0.5) is 0 Å². The van der Waals surface area contributed by atoms with Gasteiger partial charge in [-0.05, 0) is 18.1 Å². The largest absolute Gasteiger partial charge is 0.382 e. The van der Waals surface area contributed by atoms with Crippen LogP contribution in [-0.2, 0) is 15.9 Å². The van der Waals surface area contributed by atoms with Gasteiger partial charge in [0.1, 0.15) is 0 Å². The zero-order valence-corrected chi connectivity index (χ0v) is 16.6. The molecule has 0 bridgehead atoms. The number of hydrogen-bond donors (Lipinski definition) is 3. The van der Waals surface area contributed by atoms with Crippen LogP contribution in [-0.4, -0.2) is 58.0 Å². The van der Waals surface area contributed by atoms with E-state index in [-0.39, 0.29) is 24.0 Å². The van der Waals surface area contributed by atoms with Crippen LogP contribution >= 0.6 is 24.0 Å². The van der Waals surface area contributed by atoms with Crippen molar-refractivity contribution in [2.24, 2.45) is 4.99 Å². The van der Waals surface area contributed by atoms with Gasteiger partial charge in [-0.15, -0.1) is 24.0 Å². The fourth-order valence-electron chi connectivity index (χ4n) is 2.36. The molecular formula is C17H27IN4O2. The predicted octanol–water partition coefficient (Wildman–Crippen LogP) is 2.16. The van der Waals surface area contributed by atoms with Crippen molar-refractivity contribution in [3.8, 4) is 0 Å². The minimum absolute atomic E-state index is 0. The number of halogens is 1. The Bertz CT molecular complexity index is 615. The number of guanidine groups is 1. The second-order valence-corrected chi connectivity index (χ2v) is 5.14. The lowest BCUT2D eigenvalue weighted by molar-refractivity contribution is 0.0733. The molecule has 134 valence electrons. The lowest BCUT2D eigenvalue weighted by atomic mass is 10.1. The van der Waals surface area contributed by atoms with Crippen LogP contribution in [0, 0.1) is 0 Å². The maximum atomic E-state index is 5.41. The number of para-hydroxylation sites is 1. The molecule has 0 aliphatic carbocycles. The molecule has 0 aliphatic rings. The summed E-state index contributed by atoms with van der Waals surface area (Å²) in [5.41, 5.74) is 2.49. The number of aliphatic imine (C=N–C) groups is 1. The first-order valence-corrected chi connectivity index (χ1v) is 7.91. The van der Waals surface area contributed by atoms with Gasteiger partial charge in [0.05, 0.1) is 19.8 Å². The fraction of sp³-hybridized carbons (Fsp3) is 0.471. The molecule has 2 rings (SSSR count). The molecule has 3 N–H and O–H groups in total. The Labute approximate surface area is 160 Å². The molecule has 0 saturated carbocycles. The highest BCUT2D eigenvalue weighted by Crippen LogP contribution is 2.17. The quantitative estimate of drug-likeness (QED) is 0.239. The van der Waals surface area contributed by atoms with Crippen molar-refractivity contribution in [3.63, 3.8) is 0 Å². The van der Waals surface area contributed by atoms with Crippen LogP contribution in [0.3, 0.4) is 0 Å². The average Bonchev–Trinajstić information content (AvgIpc) is 2.99. The van der Waals surface area contributed by atoms with Gasteiger partial charge < -0.3 is 25.1 Å². The van der Waals surface area contributed by atoms with Gasteiger partial charge in [-0.2, -0.15) is 0 Å². The van der Waals surface area contributed by atoms with Gasteiger partial charge in [0.15, 0.2) is 5.96 Å². The van der Waals surface area contributed by atoms with Crippen molar-refractivity contribution >= 4 is 40.8 Å². The van der Waals surface area contributed by atoms with Gasteiger partial charge in [0.25, 0.3) is 0 Å². The van der Waals surface area contributed by atoms with E-state index in [1.165, 1.54) is 16.5 Å². The minimum Gasteiger partial charge on any atom is -0.382 e. The molecule has 2 aromatic rings. The SMILES string of the molecule is CN=C(NCCOCCOC)NCCc1c[nH]c2ccccc12.I. The van der Waals surface area contributed by atoms with Gasteiger partial charge in [-0.3, -0.25) is 4.99 Å². The first-order valence-electron chi connectivity index (χ1n) is 7.91. The van der Waals surface area contributed by atoms with Crippen LogP contribution in [0.25, 0.3) is 10.9 Å². The van der Waals surface area contributed by atoms with E-state index in [1.807, 2.05) is 6.07 Å². The Kier molecular flexibility index (Phi) is 10.4. The minimum atomic E-state index is 0. The molecule has 1 aromatic carbocycles. The number of fused-ring (bicyclic) bond motifs is 1. The topological polar surface area (TPSA) is 70.7 Å². The Balaban J connectivity index is 0.00000288. The zero-order valence-electron chi connectivity index (χ0n) is 14.3. The van der Waals surface area contributed by atoms with E-state index in [0.29, 0.717) is 19.8 Å². The molecule has 0 fully saturated rings. The second-order valence-electron chi connectivity index (χ2n) is 5.14. The molecule has 0 atom stereocenters. The normalized spacial score (nSPS) is 11.3. The van der Waals surface area contributed by atoms with Crippen molar-refractivity contribution in [1.29, 1.82) is 0 Å². The Morgan fingerprint density at radius 3 is 2.71 bits per heavy atom. The van der Waals surface area contributed by atoms with Gasteiger partial charge in [0.2, 0.25) is 0 Å². The molecule has 0 saturated heterocycles. The van der Waals surface area contributed by atoms with Gasteiger partial charge in [-0.25, -0.2) is 0 Å². The van der Waals surface area contributed by atoms with Gasteiger partial charge in [0, 0.05) is 44.3 Å². The number of aromatic nitrogens is 1. The summed E-state index contributed by atoms with van der Waals surface area (Å²) in [5.74, 6) is 0.792. The van der Waals surface area contributed by atoms with Crippen LogP contribution in [0.5, 0.6) is 0 Å². The van der Waals surface area contributed by atoms with Crippen molar-refractivity contribution in [2.75, 3.05) is 47.1 Å². The highest BCUT2D eigenvalue weighted by Gasteiger charge is 2.03. The third kappa shape index (κ3) is 6.66. The van der Waals surface area contributed by atoms with Crippen molar-refractivity contribution in [2.45, 2.75) is 6.42 Å². The summed E-state index contributed by atoms with van der Waals surface area (Å²) in [6, 6.07) is 8.35. The van der Waals surface area contributed by atoms with Crippen molar-refractivity contribution in [1.82, 2.24) is 15.6 Å². The Morgan fingerprint density at radius 1 is 1.12 bits per heavy atom. The van der Waals surface area contributed by atoms with Gasteiger partial charge >= 0.3 is 0 Å². The van der Waals surface area contributed by atoms with E-state index in [9.17, 15) is 0 Å². The highest BCUT2D eigenvalue weighted by atomic mass is 127. The van der Waals surface area contributed by atoms with E-state index >= 15 is 0 Å². The summed E-state index contributed by atoms with van der Waals surface area (Å²) < 4.78 is 10.3. The molecule has 24 heavy (non-hydrogen) atoms. The van der Waals surface area contributed by atoms with Crippen LogP contribution in [0.1, 0.15) is 5.56 Å². The Morgan fingerprint density at radius 2 is 1.92 bits per heavy atom. The van der Waals surface area contributed by atoms with E-state index in [1.54, 1.807) is 14.2 Å². The first kappa shape index (κ1) is 20.7. The number of benzene rings is 1. The number of hydrogen-bond acceptors (Lipinski definition) is 3. The first-order chi connectivity index (χ1) is 11.3.